The molecule has 1 heterocycles. The maximum atomic E-state index is 6.19. The van der Waals surface area contributed by atoms with Gasteiger partial charge in [0.2, 0.25) is 0 Å². The van der Waals surface area contributed by atoms with Crippen LogP contribution in [0.1, 0.15) is 30.1 Å². The lowest BCUT2D eigenvalue weighted by Crippen LogP contribution is -2.00. The number of imidazole rings is 1. The number of benzene rings is 1. The van der Waals surface area contributed by atoms with E-state index in [2.05, 4.69) is 6.07 Å². The lowest BCUT2D eigenvalue weighted by molar-refractivity contribution is 0.412. The molecule has 0 atom stereocenters. The van der Waals surface area contributed by atoms with Gasteiger partial charge >= 0.3 is 0 Å². The summed E-state index contributed by atoms with van der Waals surface area (Å²) in [7, 11) is 3.68. The predicted molar refractivity (Wildman–Crippen MR) is 76.3 cm³/mol. The molecule has 1 aromatic carbocycles. The van der Waals surface area contributed by atoms with Gasteiger partial charge in [-0.25, -0.2) is 4.98 Å². The zero-order chi connectivity index (χ0) is 13.6. The number of nitrogens with zero attached hydrogens (tertiary/aromatic N) is 2. The summed E-state index contributed by atoms with van der Waals surface area (Å²) in [5.41, 5.74) is 9.22. The zero-order valence-corrected chi connectivity index (χ0v) is 11.6. The van der Waals surface area contributed by atoms with E-state index < -0.39 is 0 Å². The fourth-order valence-electron chi connectivity index (χ4n) is 2.47. The first kappa shape index (κ1) is 12.1. The van der Waals surface area contributed by atoms with Crippen LogP contribution < -0.4 is 10.5 Å². The number of aromatic nitrogens is 2. The van der Waals surface area contributed by atoms with E-state index in [1.807, 2.05) is 30.7 Å². The molecule has 0 unspecified atom stereocenters. The van der Waals surface area contributed by atoms with Crippen LogP contribution in [0.25, 0.3) is 11.3 Å². The van der Waals surface area contributed by atoms with Crippen LogP contribution in [0, 0.1) is 6.92 Å². The number of hydrogen-bond acceptors (Lipinski definition) is 3. The summed E-state index contributed by atoms with van der Waals surface area (Å²) < 4.78 is 7.31. The third-order valence-electron chi connectivity index (χ3n) is 3.78. The van der Waals surface area contributed by atoms with Crippen molar-refractivity contribution in [3.8, 4) is 17.0 Å². The highest BCUT2D eigenvalue weighted by atomic mass is 16.5. The number of rotatable bonds is 3. The standard InChI is InChI=1S/C15H19N3O/c1-9-8-11(6-7-12(9)19-3)13-14(16)18(2)15(17-13)10-4-5-10/h6-8,10H,4-5,16H2,1-3H3. The van der Waals surface area contributed by atoms with Gasteiger partial charge in [-0.3, -0.25) is 0 Å². The van der Waals surface area contributed by atoms with E-state index in [0.29, 0.717) is 5.92 Å². The average Bonchev–Trinajstić information content (AvgIpc) is 3.19. The maximum Gasteiger partial charge on any atom is 0.131 e. The highest BCUT2D eigenvalue weighted by Crippen LogP contribution is 2.42. The fourth-order valence-corrected chi connectivity index (χ4v) is 2.47. The molecule has 0 radical (unpaired) electrons. The van der Waals surface area contributed by atoms with Crippen LogP contribution in [0.5, 0.6) is 5.75 Å². The Hall–Kier alpha value is -1.97. The van der Waals surface area contributed by atoms with E-state index in [1.165, 1.54) is 12.8 Å². The number of methoxy groups -OCH3 is 1. The summed E-state index contributed by atoms with van der Waals surface area (Å²) in [6.45, 7) is 2.03. The second-order valence-electron chi connectivity index (χ2n) is 5.22. The highest BCUT2D eigenvalue weighted by molar-refractivity contribution is 5.72. The number of ether oxygens (including phenoxy) is 1. The first-order valence-corrected chi connectivity index (χ1v) is 6.59. The number of nitrogens with two attached hydrogens (primary N) is 1. The molecule has 0 saturated heterocycles. The molecule has 19 heavy (non-hydrogen) atoms. The van der Waals surface area contributed by atoms with Crippen molar-refractivity contribution >= 4 is 5.82 Å². The Morgan fingerprint density at radius 1 is 1.37 bits per heavy atom. The summed E-state index contributed by atoms with van der Waals surface area (Å²) in [6, 6.07) is 6.06. The Bertz CT molecular complexity index is 627. The van der Waals surface area contributed by atoms with Gasteiger partial charge in [0.1, 0.15) is 23.1 Å². The molecule has 0 aliphatic heterocycles. The molecular weight excluding hydrogens is 238 g/mol. The Morgan fingerprint density at radius 2 is 2.11 bits per heavy atom. The minimum atomic E-state index is 0.598. The minimum Gasteiger partial charge on any atom is -0.496 e. The van der Waals surface area contributed by atoms with Crippen molar-refractivity contribution in [3.05, 3.63) is 29.6 Å². The maximum absolute atomic E-state index is 6.19. The third kappa shape index (κ3) is 1.97. The quantitative estimate of drug-likeness (QED) is 0.919. The lowest BCUT2D eigenvalue weighted by atomic mass is 10.1. The molecule has 1 aromatic heterocycles. The van der Waals surface area contributed by atoms with E-state index in [4.69, 9.17) is 15.5 Å². The summed E-state index contributed by atoms with van der Waals surface area (Å²) in [5.74, 6) is 3.34. The summed E-state index contributed by atoms with van der Waals surface area (Å²) in [4.78, 5) is 4.74. The van der Waals surface area contributed by atoms with Gasteiger partial charge in [0.05, 0.1) is 7.11 Å². The van der Waals surface area contributed by atoms with Crippen LogP contribution in [0.3, 0.4) is 0 Å². The second kappa shape index (κ2) is 4.30. The van der Waals surface area contributed by atoms with E-state index in [0.717, 1.165) is 34.2 Å². The van der Waals surface area contributed by atoms with E-state index in [1.54, 1.807) is 7.11 Å². The Kier molecular flexibility index (Phi) is 2.73. The van der Waals surface area contributed by atoms with Gasteiger partial charge in [-0.15, -0.1) is 0 Å². The van der Waals surface area contributed by atoms with Crippen molar-refractivity contribution in [3.63, 3.8) is 0 Å². The third-order valence-corrected chi connectivity index (χ3v) is 3.78. The monoisotopic (exact) mass is 257 g/mol. The van der Waals surface area contributed by atoms with Crippen molar-refractivity contribution in [1.29, 1.82) is 0 Å². The smallest absolute Gasteiger partial charge is 0.131 e. The van der Waals surface area contributed by atoms with Gasteiger partial charge in [-0.2, -0.15) is 0 Å². The topological polar surface area (TPSA) is 53.1 Å². The molecule has 2 N–H and O–H groups in total. The van der Waals surface area contributed by atoms with E-state index >= 15 is 0 Å². The first-order chi connectivity index (χ1) is 9.11. The molecule has 3 rings (SSSR count). The fraction of sp³-hybridized carbons (Fsp3) is 0.400. The molecule has 100 valence electrons. The number of hydrogen-bond donors (Lipinski definition) is 1. The largest absolute Gasteiger partial charge is 0.496 e. The van der Waals surface area contributed by atoms with Crippen molar-refractivity contribution in [2.75, 3.05) is 12.8 Å². The Balaban J connectivity index is 2.06. The van der Waals surface area contributed by atoms with Gasteiger partial charge in [-0.1, -0.05) is 0 Å². The Morgan fingerprint density at radius 3 is 2.68 bits per heavy atom. The van der Waals surface area contributed by atoms with Crippen LogP contribution in [-0.4, -0.2) is 16.7 Å². The molecule has 0 bridgehead atoms. The molecule has 1 aliphatic rings. The summed E-state index contributed by atoms with van der Waals surface area (Å²) in [5, 5.41) is 0. The summed E-state index contributed by atoms with van der Waals surface area (Å²) in [6.07, 6.45) is 2.46. The van der Waals surface area contributed by atoms with Crippen molar-refractivity contribution < 1.29 is 4.74 Å². The van der Waals surface area contributed by atoms with Gasteiger partial charge in [-0.05, 0) is 43.5 Å². The number of aryl methyl sites for hydroxylation is 1. The van der Waals surface area contributed by atoms with Crippen LogP contribution in [0.2, 0.25) is 0 Å². The first-order valence-electron chi connectivity index (χ1n) is 6.59. The van der Waals surface area contributed by atoms with Gasteiger partial charge in [0.25, 0.3) is 0 Å². The molecular formula is C15H19N3O. The molecule has 2 aromatic rings. The normalized spacial score (nSPS) is 14.7. The molecule has 4 nitrogen and oxygen atoms in total. The molecule has 0 amide bonds. The minimum absolute atomic E-state index is 0.598. The highest BCUT2D eigenvalue weighted by Gasteiger charge is 2.29. The lowest BCUT2D eigenvalue weighted by Gasteiger charge is -2.06. The number of nitrogen functional groups attached to an aromatic ring is 1. The molecule has 4 heteroatoms. The van der Waals surface area contributed by atoms with Gasteiger partial charge in [0, 0.05) is 18.5 Å². The molecule has 1 fully saturated rings. The summed E-state index contributed by atoms with van der Waals surface area (Å²) >= 11 is 0. The predicted octanol–water partition coefficient (Wildman–Crippen LogP) is 2.86. The van der Waals surface area contributed by atoms with Crippen LogP contribution in [0.4, 0.5) is 5.82 Å². The van der Waals surface area contributed by atoms with Crippen molar-refractivity contribution in [1.82, 2.24) is 9.55 Å². The molecule has 1 aliphatic carbocycles. The van der Waals surface area contributed by atoms with E-state index in [-0.39, 0.29) is 0 Å². The average molecular weight is 257 g/mol. The molecule has 1 saturated carbocycles. The van der Waals surface area contributed by atoms with Crippen molar-refractivity contribution in [2.45, 2.75) is 25.7 Å². The van der Waals surface area contributed by atoms with Crippen LogP contribution >= 0.6 is 0 Å². The van der Waals surface area contributed by atoms with Crippen LogP contribution in [0.15, 0.2) is 18.2 Å². The SMILES string of the molecule is COc1ccc(-c2nc(C3CC3)n(C)c2N)cc1C. The number of anilines is 1. The van der Waals surface area contributed by atoms with E-state index in [9.17, 15) is 0 Å². The van der Waals surface area contributed by atoms with Gasteiger partial charge < -0.3 is 15.0 Å². The second-order valence-corrected chi connectivity index (χ2v) is 5.22. The Labute approximate surface area is 113 Å². The van der Waals surface area contributed by atoms with Gasteiger partial charge in [0.15, 0.2) is 0 Å². The van der Waals surface area contributed by atoms with Crippen LogP contribution in [-0.2, 0) is 7.05 Å². The zero-order valence-electron chi connectivity index (χ0n) is 11.6. The van der Waals surface area contributed by atoms with Crippen molar-refractivity contribution in [2.24, 2.45) is 7.05 Å². The molecule has 0 spiro atoms.